The number of carbonyl (C=O) groups is 1. The second-order valence-corrected chi connectivity index (χ2v) is 9.18. The number of rotatable bonds is 6. The highest BCUT2D eigenvalue weighted by Crippen LogP contribution is 2.34. The fourth-order valence-corrected chi connectivity index (χ4v) is 4.66. The molecule has 0 radical (unpaired) electrons. The van der Waals surface area contributed by atoms with E-state index in [9.17, 15) is 13.6 Å². The van der Waals surface area contributed by atoms with Crippen molar-refractivity contribution in [2.75, 3.05) is 26.2 Å². The van der Waals surface area contributed by atoms with Gasteiger partial charge in [0.2, 0.25) is 0 Å². The number of nitrogens with zero attached hydrogens (tertiary/aromatic N) is 2. The third-order valence-electron chi connectivity index (χ3n) is 6.45. The minimum atomic E-state index is -2.51. The van der Waals surface area contributed by atoms with Crippen molar-refractivity contribution in [1.82, 2.24) is 15.1 Å². The van der Waals surface area contributed by atoms with Crippen molar-refractivity contribution >= 4 is 6.03 Å². The molecule has 0 saturated carbocycles. The molecule has 0 spiro atoms. The van der Waals surface area contributed by atoms with Gasteiger partial charge < -0.3 is 10.2 Å². The summed E-state index contributed by atoms with van der Waals surface area (Å²) in [6.07, 6.45) is 4.64. The van der Waals surface area contributed by atoms with Crippen molar-refractivity contribution in [1.29, 1.82) is 0 Å². The van der Waals surface area contributed by atoms with E-state index in [-0.39, 0.29) is 30.5 Å². The standard InChI is InChI=1S/C23H35F2N3O/c1-22(2)18-20(27-16-12-23(24,25)13-17-27)11-15-28(22)21(29)26-14-7-6-10-19-8-4-3-5-9-19/h3-5,8-9,20H,6-7,10-18H2,1-2H3,(H,26,29). The van der Waals surface area contributed by atoms with Crippen LogP contribution in [0.3, 0.4) is 0 Å². The average Bonchev–Trinajstić information content (AvgIpc) is 2.67. The van der Waals surface area contributed by atoms with E-state index in [2.05, 4.69) is 48.3 Å². The Morgan fingerprint density at radius 3 is 2.45 bits per heavy atom. The maximum Gasteiger partial charge on any atom is 0.317 e. The van der Waals surface area contributed by atoms with Gasteiger partial charge >= 0.3 is 6.03 Å². The number of benzene rings is 1. The van der Waals surface area contributed by atoms with E-state index in [1.807, 2.05) is 11.0 Å². The van der Waals surface area contributed by atoms with Crippen LogP contribution in [0.4, 0.5) is 13.6 Å². The van der Waals surface area contributed by atoms with Crippen molar-refractivity contribution in [2.24, 2.45) is 0 Å². The lowest BCUT2D eigenvalue weighted by Gasteiger charge is -2.49. The Bertz CT molecular complexity index is 655. The molecular formula is C23H35F2N3O. The van der Waals surface area contributed by atoms with Crippen LogP contribution in [0.15, 0.2) is 30.3 Å². The molecular weight excluding hydrogens is 372 g/mol. The molecule has 3 rings (SSSR count). The molecule has 2 aliphatic rings. The van der Waals surface area contributed by atoms with Crippen LogP contribution in [0.5, 0.6) is 0 Å². The van der Waals surface area contributed by atoms with E-state index >= 15 is 0 Å². The van der Waals surface area contributed by atoms with Crippen LogP contribution in [-0.2, 0) is 6.42 Å². The Balaban J connectivity index is 1.40. The zero-order valence-corrected chi connectivity index (χ0v) is 17.8. The summed E-state index contributed by atoms with van der Waals surface area (Å²) in [7, 11) is 0. The molecule has 4 nitrogen and oxygen atoms in total. The predicted molar refractivity (Wildman–Crippen MR) is 112 cm³/mol. The minimum absolute atomic E-state index is 0.00154. The smallest absolute Gasteiger partial charge is 0.317 e. The number of carbonyl (C=O) groups excluding carboxylic acids is 1. The molecule has 1 unspecified atom stereocenters. The summed E-state index contributed by atoms with van der Waals surface area (Å²) >= 11 is 0. The first kappa shape index (κ1) is 22.0. The lowest BCUT2D eigenvalue weighted by atomic mass is 9.85. The molecule has 29 heavy (non-hydrogen) atoms. The van der Waals surface area contributed by atoms with Gasteiger partial charge in [0.1, 0.15) is 0 Å². The summed E-state index contributed by atoms with van der Waals surface area (Å²) < 4.78 is 26.9. The number of piperidine rings is 2. The molecule has 1 atom stereocenters. The van der Waals surface area contributed by atoms with Gasteiger partial charge in [-0.25, -0.2) is 13.6 Å². The van der Waals surface area contributed by atoms with Crippen LogP contribution >= 0.6 is 0 Å². The molecule has 2 fully saturated rings. The highest BCUT2D eigenvalue weighted by Gasteiger charge is 2.42. The van der Waals surface area contributed by atoms with Gasteiger partial charge in [-0.3, -0.25) is 4.90 Å². The maximum absolute atomic E-state index is 13.4. The SMILES string of the molecule is CC1(C)CC(N2CCC(F)(F)CC2)CCN1C(=O)NCCCCc1ccccc1. The maximum atomic E-state index is 13.4. The number of nitrogens with one attached hydrogen (secondary N) is 1. The molecule has 1 aromatic carbocycles. The molecule has 162 valence electrons. The van der Waals surface area contributed by atoms with Crippen molar-refractivity contribution in [2.45, 2.75) is 76.3 Å². The number of hydrogen-bond donors (Lipinski definition) is 1. The number of unbranched alkanes of at least 4 members (excludes halogenated alkanes) is 1. The topological polar surface area (TPSA) is 35.6 Å². The van der Waals surface area contributed by atoms with Crippen LogP contribution in [0.2, 0.25) is 0 Å². The Hall–Kier alpha value is -1.69. The molecule has 0 bridgehead atoms. The van der Waals surface area contributed by atoms with Crippen LogP contribution in [-0.4, -0.2) is 59.5 Å². The van der Waals surface area contributed by atoms with E-state index < -0.39 is 5.92 Å². The van der Waals surface area contributed by atoms with Gasteiger partial charge in [0.05, 0.1) is 0 Å². The van der Waals surface area contributed by atoms with Crippen LogP contribution in [0, 0.1) is 0 Å². The van der Waals surface area contributed by atoms with Gasteiger partial charge in [-0.2, -0.15) is 0 Å². The Kier molecular flexibility index (Phi) is 7.14. The quantitative estimate of drug-likeness (QED) is 0.694. The van der Waals surface area contributed by atoms with E-state index in [4.69, 9.17) is 0 Å². The van der Waals surface area contributed by atoms with Gasteiger partial charge in [0.25, 0.3) is 5.92 Å². The number of amides is 2. The van der Waals surface area contributed by atoms with Gasteiger partial charge in [0.15, 0.2) is 0 Å². The Morgan fingerprint density at radius 2 is 1.79 bits per heavy atom. The number of alkyl halides is 2. The number of aryl methyl sites for hydroxylation is 1. The second-order valence-electron chi connectivity index (χ2n) is 9.18. The molecule has 2 amide bonds. The fraction of sp³-hybridized carbons (Fsp3) is 0.696. The zero-order valence-electron chi connectivity index (χ0n) is 17.8. The summed E-state index contributed by atoms with van der Waals surface area (Å²) in [6.45, 7) is 6.46. The first-order valence-corrected chi connectivity index (χ1v) is 11.0. The summed E-state index contributed by atoms with van der Waals surface area (Å²) in [5.41, 5.74) is 1.06. The molecule has 2 aliphatic heterocycles. The third kappa shape index (κ3) is 6.14. The summed E-state index contributed by atoms with van der Waals surface area (Å²) in [5, 5.41) is 3.07. The van der Waals surface area contributed by atoms with E-state index in [0.717, 1.165) is 32.1 Å². The van der Waals surface area contributed by atoms with Crippen molar-refractivity contribution < 1.29 is 13.6 Å². The van der Waals surface area contributed by atoms with E-state index in [0.29, 0.717) is 26.2 Å². The first-order valence-electron chi connectivity index (χ1n) is 11.0. The first-order chi connectivity index (χ1) is 13.8. The van der Waals surface area contributed by atoms with Crippen molar-refractivity contribution in [3.8, 4) is 0 Å². The van der Waals surface area contributed by atoms with Gasteiger partial charge in [0, 0.05) is 50.6 Å². The number of urea groups is 1. The highest BCUT2D eigenvalue weighted by atomic mass is 19.3. The number of halogens is 2. The molecule has 0 aliphatic carbocycles. The Labute approximate surface area is 173 Å². The van der Waals surface area contributed by atoms with Gasteiger partial charge in [-0.15, -0.1) is 0 Å². The molecule has 0 aromatic heterocycles. The zero-order chi connectivity index (χ0) is 20.9. The normalized spacial score (nSPS) is 24.3. The van der Waals surface area contributed by atoms with Crippen molar-refractivity contribution in [3.63, 3.8) is 0 Å². The van der Waals surface area contributed by atoms with Crippen LogP contribution < -0.4 is 5.32 Å². The summed E-state index contributed by atoms with van der Waals surface area (Å²) in [6, 6.07) is 10.7. The largest absolute Gasteiger partial charge is 0.338 e. The molecule has 1 aromatic rings. The summed E-state index contributed by atoms with van der Waals surface area (Å²) in [5.74, 6) is -2.51. The number of hydrogen-bond acceptors (Lipinski definition) is 2. The van der Waals surface area contributed by atoms with Crippen LogP contribution in [0.25, 0.3) is 0 Å². The predicted octanol–water partition coefficient (Wildman–Crippen LogP) is 4.69. The second kappa shape index (κ2) is 9.41. The fourth-order valence-electron chi connectivity index (χ4n) is 4.66. The third-order valence-corrected chi connectivity index (χ3v) is 6.45. The molecule has 2 heterocycles. The number of likely N-dealkylation sites (tertiary alicyclic amines) is 2. The van der Waals surface area contributed by atoms with Gasteiger partial charge in [-0.1, -0.05) is 30.3 Å². The lowest BCUT2D eigenvalue weighted by Crippen LogP contribution is -2.60. The van der Waals surface area contributed by atoms with Crippen molar-refractivity contribution in [3.05, 3.63) is 35.9 Å². The monoisotopic (exact) mass is 407 g/mol. The van der Waals surface area contributed by atoms with Crippen LogP contribution in [0.1, 0.15) is 57.9 Å². The van der Waals surface area contributed by atoms with E-state index in [1.54, 1.807) is 0 Å². The minimum Gasteiger partial charge on any atom is -0.338 e. The summed E-state index contributed by atoms with van der Waals surface area (Å²) in [4.78, 5) is 16.9. The van der Waals surface area contributed by atoms with E-state index in [1.165, 1.54) is 5.56 Å². The molecule has 2 saturated heterocycles. The average molecular weight is 408 g/mol. The van der Waals surface area contributed by atoms with Gasteiger partial charge in [-0.05, 0) is 51.5 Å². The highest BCUT2D eigenvalue weighted by molar-refractivity contribution is 5.75. The molecule has 1 N–H and O–H groups in total. The lowest BCUT2D eigenvalue weighted by molar-refractivity contribution is -0.0722. The Morgan fingerprint density at radius 1 is 1.10 bits per heavy atom. The molecule has 6 heteroatoms.